The fraction of sp³-hybridized carbons (Fsp3) is 0.423. The second kappa shape index (κ2) is 12.3. The normalized spacial score (nSPS) is 17.4. The Labute approximate surface area is 185 Å². The summed E-state index contributed by atoms with van der Waals surface area (Å²) < 4.78 is 16.5. The molecule has 0 spiro atoms. The van der Waals surface area contributed by atoms with Crippen LogP contribution in [0.5, 0.6) is 5.75 Å². The highest BCUT2D eigenvalue weighted by atomic mass is 16.5. The van der Waals surface area contributed by atoms with E-state index in [0.717, 1.165) is 54.9 Å². The van der Waals surface area contributed by atoms with E-state index in [2.05, 4.69) is 29.2 Å². The number of methoxy groups -OCH3 is 1. The molecule has 1 aliphatic rings. The van der Waals surface area contributed by atoms with Crippen molar-refractivity contribution in [2.24, 2.45) is 5.92 Å². The molecule has 0 unspecified atom stereocenters. The van der Waals surface area contributed by atoms with Crippen LogP contribution in [-0.4, -0.2) is 57.4 Å². The largest absolute Gasteiger partial charge is 0.497 e. The van der Waals surface area contributed by atoms with E-state index in [1.54, 1.807) is 7.11 Å². The molecule has 0 aromatic heterocycles. The second-order valence-electron chi connectivity index (χ2n) is 7.68. The third kappa shape index (κ3) is 6.94. The Morgan fingerprint density at radius 3 is 2.71 bits per heavy atom. The first kappa shape index (κ1) is 23.0. The van der Waals surface area contributed by atoms with Crippen molar-refractivity contribution in [3.05, 3.63) is 71.8 Å². The maximum atomic E-state index is 12.0. The number of hydrogen-bond donors (Lipinski definition) is 0. The smallest absolute Gasteiger partial charge is 0.310 e. The third-order valence-corrected chi connectivity index (χ3v) is 5.55. The summed E-state index contributed by atoms with van der Waals surface area (Å²) in [6, 6.07) is 18.4. The lowest BCUT2D eigenvalue weighted by molar-refractivity contribution is -0.150. The summed E-state index contributed by atoms with van der Waals surface area (Å²) in [7, 11) is 1.68. The van der Waals surface area contributed by atoms with Crippen LogP contribution in [0, 0.1) is 5.92 Å². The molecule has 0 radical (unpaired) electrons. The molecule has 2 aromatic carbocycles. The first-order chi connectivity index (χ1) is 15.2. The van der Waals surface area contributed by atoms with Gasteiger partial charge in [0.2, 0.25) is 0 Å². The molecular weight excluding hydrogens is 390 g/mol. The monoisotopic (exact) mass is 423 g/mol. The lowest BCUT2D eigenvalue weighted by Crippen LogP contribution is -2.40. The van der Waals surface area contributed by atoms with Crippen LogP contribution in [0.3, 0.4) is 0 Å². The number of carbonyl (C=O) groups is 1. The molecule has 0 bridgehead atoms. The Morgan fingerprint density at radius 2 is 1.94 bits per heavy atom. The zero-order valence-corrected chi connectivity index (χ0v) is 18.6. The van der Waals surface area contributed by atoms with Crippen molar-refractivity contribution in [1.82, 2.24) is 4.90 Å². The van der Waals surface area contributed by atoms with Crippen LogP contribution in [0.2, 0.25) is 0 Å². The van der Waals surface area contributed by atoms with Crippen molar-refractivity contribution >= 4 is 11.5 Å². The Hall–Kier alpha value is -2.63. The first-order valence-electron chi connectivity index (χ1n) is 11.1. The molecule has 0 amide bonds. The molecule has 3 rings (SSSR count). The van der Waals surface area contributed by atoms with Crippen molar-refractivity contribution in [3.63, 3.8) is 0 Å². The zero-order valence-electron chi connectivity index (χ0n) is 18.6. The van der Waals surface area contributed by atoms with Crippen LogP contribution in [0.15, 0.2) is 60.7 Å². The number of benzene rings is 2. The van der Waals surface area contributed by atoms with Gasteiger partial charge in [0, 0.05) is 13.1 Å². The number of carbonyl (C=O) groups excluding carboxylic acids is 1. The van der Waals surface area contributed by atoms with Gasteiger partial charge < -0.3 is 19.1 Å². The van der Waals surface area contributed by atoms with Gasteiger partial charge in [0.05, 0.1) is 32.8 Å². The maximum Gasteiger partial charge on any atom is 0.310 e. The van der Waals surface area contributed by atoms with Gasteiger partial charge in [-0.15, -0.1) is 0 Å². The van der Waals surface area contributed by atoms with Gasteiger partial charge >= 0.3 is 5.97 Å². The average molecular weight is 424 g/mol. The number of piperidine rings is 1. The summed E-state index contributed by atoms with van der Waals surface area (Å²) in [6.07, 6.45) is 4.07. The van der Waals surface area contributed by atoms with E-state index in [9.17, 15) is 4.79 Å². The van der Waals surface area contributed by atoms with E-state index in [0.29, 0.717) is 19.8 Å². The minimum atomic E-state index is -0.0677. The molecule has 1 atom stereocenters. The molecule has 1 aliphatic heterocycles. The zero-order chi connectivity index (χ0) is 21.9. The fourth-order valence-electron chi connectivity index (χ4n) is 3.94. The lowest BCUT2D eigenvalue weighted by atomic mass is 9.97. The van der Waals surface area contributed by atoms with Gasteiger partial charge in [-0.3, -0.25) is 4.79 Å². The second-order valence-corrected chi connectivity index (χ2v) is 7.68. The van der Waals surface area contributed by atoms with Crippen LogP contribution in [0.4, 0.5) is 0 Å². The van der Waals surface area contributed by atoms with Crippen LogP contribution in [-0.2, 0) is 14.3 Å². The quantitative estimate of drug-likeness (QED) is 0.418. The highest BCUT2D eigenvalue weighted by Crippen LogP contribution is 2.26. The lowest BCUT2D eigenvalue weighted by Gasteiger charge is -2.31. The molecule has 0 aliphatic carbocycles. The Morgan fingerprint density at radius 1 is 1.13 bits per heavy atom. The first-order valence-corrected chi connectivity index (χ1v) is 11.1. The highest BCUT2D eigenvalue weighted by Gasteiger charge is 2.26. The van der Waals surface area contributed by atoms with Gasteiger partial charge in [0.15, 0.2) is 0 Å². The number of likely N-dealkylation sites (tertiary alicyclic amines) is 1. The van der Waals surface area contributed by atoms with Crippen molar-refractivity contribution in [1.29, 1.82) is 0 Å². The predicted octanol–water partition coefficient (Wildman–Crippen LogP) is 4.42. The summed E-state index contributed by atoms with van der Waals surface area (Å²) >= 11 is 0. The van der Waals surface area contributed by atoms with E-state index < -0.39 is 0 Å². The number of hydrogen-bond acceptors (Lipinski definition) is 5. The van der Waals surface area contributed by atoms with Crippen molar-refractivity contribution in [2.45, 2.75) is 19.8 Å². The number of rotatable bonds is 10. The van der Waals surface area contributed by atoms with Crippen LogP contribution in [0.25, 0.3) is 5.57 Å². The van der Waals surface area contributed by atoms with Gasteiger partial charge in [0.25, 0.3) is 0 Å². The molecule has 5 nitrogen and oxygen atoms in total. The summed E-state index contributed by atoms with van der Waals surface area (Å²) in [6.45, 7) is 6.05. The van der Waals surface area contributed by atoms with Gasteiger partial charge in [-0.05, 0) is 55.1 Å². The van der Waals surface area contributed by atoms with Gasteiger partial charge in [-0.1, -0.05) is 48.5 Å². The molecule has 166 valence electrons. The minimum Gasteiger partial charge on any atom is -0.497 e. The Bertz CT molecular complexity index is 849. The van der Waals surface area contributed by atoms with Crippen LogP contribution >= 0.6 is 0 Å². The van der Waals surface area contributed by atoms with Crippen molar-refractivity contribution < 1.29 is 19.0 Å². The van der Waals surface area contributed by atoms with Crippen LogP contribution in [0.1, 0.15) is 30.9 Å². The van der Waals surface area contributed by atoms with Crippen LogP contribution < -0.4 is 4.74 Å². The molecule has 31 heavy (non-hydrogen) atoms. The number of ether oxygens (including phenoxy) is 3. The van der Waals surface area contributed by atoms with E-state index in [1.807, 2.05) is 43.3 Å². The summed E-state index contributed by atoms with van der Waals surface area (Å²) in [5.41, 5.74) is 3.37. The summed E-state index contributed by atoms with van der Waals surface area (Å²) in [4.78, 5) is 14.3. The van der Waals surface area contributed by atoms with Crippen molar-refractivity contribution in [3.8, 4) is 5.75 Å². The van der Waals surface area contributed by atoms with E-state index >= 15 is 0 Å². The molecule has 0 saturated carbocycles. The molecule has 1 fully saturated rings. The minimum absolute atomic E-state index is 0.00802. The SMILES string of the molecule is CCOC(=O)[C@@H]1CCCN(CCOCC=C(c2ccccc2)c2cccc(OC)c2)C1. The van der Waals surface area contributed by atoms with Crippen molar-refractivity contribution in [2.75, 3.05) is 46.6 Å². The highest BCUT2D eigenvalue weighted by molar-refractivity contribution is 5.80. The summed E-state index contributed by atoms with van der Waals surface area (Å²) in [5.74, 6) is 0.759. The third-order valence-electron chi connectivity index (χ3n) is 5.55. The average Bonchev–Trinajstić information content (AvgIpc) is 2.82. The standard InChI is InChI=1S/C26H33NO4/c1-3-31-26(28)23-12-8-15-27(20-23)16-18-30-17-14-25(21-9-5-4-6-10-21)22-11-7-13-24(19-22)29-2/h4-7,9-11,13-14,19,23H,3,8,12,15-18,20H2,1-2H3/t23-/m1/s1. The molecule has 1 heterocycles. The Balaban J connectivity index is 1.56. The van der Waals surface area contributed by atoms with Gasteiger partial charge in [-0.2, -0.15) is 0 Å². The topological polar surface area (TPSA) is 48.0 Å². The molecule has 5 heteroatoms. The summed E-state index contributed by atoms with van der Waals surface area (Å²) in [5, 5.41) is 0. The number of esters is 1. The van der Waals surface area contributed by atoms with E-state index in [4.69, 9.17) is 14.2 Å². The van der Waals surface area contributed by atoms with Gasteiger partial charge in [0.1, 0.15) is 5.75 Å². The van der Waals surface area contributed by atoms with E-state index in [-0.39, 0.29) is 11.9 Å². The number of nitrogens with zero attached hydrogens (tertiary/aromatic N) is 1. The molecular formula is C26H33NO4. The molecule has 1 saturated heterocycles. The molecule has 0 N–H and O–H groups in total. The maximum absolute atomic E-state index is 12.0. The van der Waals surface area contributed by atoms with Gasteiger partial charge in [-0.25, -0.2) is 0 Å². The fourth-order valence-corrected chi connectivity index (χ4v) is 3.94. The van der Waals surface area contributed by atoms with E-state index in [1.165, 1.54) is 0 Å². The molecule has 2 aromatic rings. The Kier molecular flexibility index (Phi) is 9.13. The predicted molar refractivity (Wildman–Crippen MR) is 123 cm³/mol.